The minimum absolute atomic E-state index is 0.148. The van der Waals surface area contributed by atoms with Crippen LogP contribution < -0.4 is 5.73 Å². The second-order valence-corrected chi connectivity index (χ2v) is 10.5. The molecular weight excluding hydrogens is 457 g/mol. The lowest BCUT2D eigenvalue weighted by molar-refractivity contribution is 0.713. The van der Waals surface area contributed by atoms with Gasteiger partial charge in [0, 0.05) is 28.3 Å². The van der Waals surface area contributed by atoms with Gasteiger partial charge in [0.2, 0.25) is 0 Å². The zero-order chi connectivity index (χ0) is 23.4. The Kier molecular flexibility index (Phi) is 5.53. The highest BCUT2D eigenvalue weighted by molar-refractivity contribution is 6.39. The van der Waals surface area contributed by atoms with Gasteiger partial charge in [-0.25, -0.2) is 0 Å². The average Bonchev–Trinajstić information content (AvgIpc) is 3.41. The Morgan fingerprint density at radius 1 is 0.647 bits per heavy atom. The van der Waals surface area contributed by atoms with E-state index in [1.54, 1.807) is 0 Å². The van der Waals surface area contributed by atoms with Crippen molar-refractivity contribution in [3.05, 3.63) is 105 Å². The molecule has 0 spiro atoms. The molecule has 4 aromatic carbocycles. The lowest BCUT2D eigenvalue weighted by Gasteiger charge is -2.15. The molecule has 2 N–H and O–H groups in total. The molecule has 2 atom stereocenters. The van der Waals surface area contributed by atoms with Crippen LogP contribution in [0.3, 0.4) is 0 Å². The van der Waals surface area contributed by atoms with Gasteiger partial charge in [0.25, 0.3) is 0 Å². The van der Waals surface area contributed by atoms with E-state index in [2.05, 4.69) is 79.7 Å². The van der Waals surface area contributed by atoms with Crippen LogP contribution in [0.15, 0.2) is 72.8 Å². The topological polar surface area (TPSA) is 26.0 Å². The van der Waals surface area contributed by atoms with Gasteiger partial charge in [-0.15, -0.1) is 0 Å². The van der Waals surface area contributed by atoms with Gasteiger partial charge in [0.1, 0.15) is 0 Å². The Bertz CT molecular complexity index is 1310. The molecule has 0 unspecified atom stereocenters. The van der Waals surface area contributed by atoms with Crippen molar-refractivity contribution in [3.63, 3.8) is 0 Å². The number of halogens is 2. The first-order valence-corrected chi connectivity index (χ1v) is 12.9. The minimum atomic E-state index is 0.148. The summed E-state index contributed by atoms with van der Waals surface area (Å²) in [6.45, 7) is 2.31. The molecule has 2 aliphatic rings. The minimum Gasteiger partial charge on any atom is -0.324 e. The van der Waals surface area contributed by atoms with Crippen LogP contribution in [0.2, 0.25) is 10.0 Å². The summed E-state index contributed by atoms with van der Waals surface area (Å²) in [5, 5.41) is 1.47. The van der Waals surface area contributed by atoms with Gasteiger partial charge >= 0.3 is 0 Å². The van der Waals surface area contributed by atoms with E-state index < -0.39 is 0 Å². The highest BCUT2D eigenvalue weighted by atomic mass is 35.5. The van der Waals surface area contributed by atoms with Crippen molar-refractivity contribution in [2.24, 2.45) is 5.73 Å². The fraction of sp³-hybridized carbons (Fsp3) is 0.226. The Labute approximate surface area is 211 Å². The van der Waals surface area contributed by atoms with Crippen molar-refractivity contribution >= 4 is 23.2 Å². The van der Waals surface area contributed by atoms with Crippen molar-refractivity contribution in [2.75, 3.05) is 0 Å². The molecule has 0 aromatic heterocycles. The van der Waals surface area contributed by atoms with Gasteiger partial charge in [0.05, 0.1) is 10.0 Å². The molecule has 0 amide bonds. The Hall–Kier alpha value is -2.58. The van der Waals surface area contributed by atoms with E-state index in [1.165, 1.54) is 34.2 Å². The molecule has 0 aliphatic heterocycles. The molecule has 0 radical (unpaired) electrons. The monoisotopic (exact) mass is 483 g/mol. The lowest BCUT2D eigenvalue weighted by Crippen LogP contribution is -2.04. The zero-order valence-electron chi connectivity index (χ0n) is 19.2. The van der Waals surface area contributed by atoms with Crippen molar-refractivity contribution in [2.45, 2.75) is 44.6 Å². The highest BCUT2D eigenvalue weighted by Gasteiger charge is 2.22. The summed E-state index contributed by atoms with van der Waals surface area (Å²) >= 11 is 14.1. The number of aryl methyl sites for hydroxylation is 2. The molecule has 0 fully saturated rings. The number of nitrogens with two attached hydrogens (primary N) is 1. The summed E-state index contributed by atoms with van der Waals surface area (Å²) in [4.78, 5) is 0. The summed E-state index contributed by atoms with van der Waals surface area (Å²) < 4.78 is 0. The first-order chi connectivity index (χ1) is 16.5. The third-order valence-electron chi connectivity index (χ3n) is 7.70. The summed E-state index contributed by atoms with van der Waals surface area (Å²) in [5.41, 5.74) is 18.0. The van der Waals surface area contributed by atoms with E-state index in [4.69, 9.17) is 28.9 Å². The van der Waals surface area contributed by atoms with Crippen LogP contribution in [-0.4, -0.2) is 0 Å². The zero-order valence-corrected chi connectivity index (χ0v) is 20.8. The van der Waals surface area contributed by atoms with E-state index in [0.29, 0.717) is 5.92 Å². The van der Waals surface area contributed by atoms with Crippen LogP contribution in [-0.2, 0) is 12.8 Å². The number of rotatable bonds is 3. The smallest absolute Gasteiger partial charge is 0.0563 e. The van der Waals surface area contributed by atoms with E-state index in [9.17, 15) is 0 Å². The predicted molar refractivity (Wildman–Crippen MR) is 145 cm³/mol. The van der Waals surface area contributed by atoms with Crippen LogP contribution >= 0.6 is 23.2 Å². The Balaban J connectivity index is 1.42. The summed E-state index contributed by atoms with van der Waals surface area (Å²) in [6.07, 6.45) is 4.40. The third-order valence-corrected chi connectivity index (χ3v) is 8.51. The van der Waals surface area contributed by atoms with Crippen LogP contribution in [0.4, 0.5) is 0 Å². The Morgan fingerprint density at radius 3 is 1.76 bits per heavy atom. The Morgan fingerprint density at radius 2 is 1.15 bits per heavy atom. The molecule has 34 heavy (non-hydrogen) atoms. The molecule has 3 heteroatoms. The van der Waals surface area contributed by atoms with Crippen molar-refractivity contribution in [3.8, 4) is 33.4 Å². The summed E-state index contributed by atoms with van der Waals surface area (Å²) in [7, 11) is 0. The standard InChI is InChI=1S/C31H27Cl2N/c1-18-8-9-19-16-21(10-13-23(18)19)25-4-2-6-27(30(25)32)28-7-3-5-26(31(28)33)22-11-14-24-20(17-22)12-15-29(24)34/h2-7,10-11,13-14,16-18,29H,8-9,12,15,34H2,1H3/t18-,29-/m0/s1. The maximum atomic E-state index is 7.05. The SMILES string of the molecule is C[C@H]1CCc2cc(-c3cccc(-c4cccc(-c5ccc6c(c5)CC[C@@H]6N)c4Cl)c3Cl)ccc21. The number of hydrogen-bond donors (Lipinski definition) is 1. The third kappa shape index (κ3) is 3.58. The van der Waals surface area contributed by atoms with Crippen LogP contribution in [0.25, 0.3) is 33.4 Å². The van der Waals surface area contributed by atoms with Gasteiger partial charge in [0.15, 0.2) is 0 Å². The van der Waals surface area contributed by atoms with Crippen LogP contribution in [0.5, 0.6) is 0 Å². The number of hydrogen-bond acceptors (Lipinski definition) is 1. The molecule has 6 rings (SSSR count). The maximum absolute atomic E-state index is 7.05. The van der Waals surface area contributed by atoms with E-state index in [0.717, 1.165) is 57.1 Å². The molecular formula is C31H27Cl2N. The van der Waals surface area contributed by atoms with Crippen LogP contribution in [0.1, 0.15) is 54.0 Å². The maximum Gasteiger partial charge on any atom is 0.0563 e. The molecule has 0 heterocycles. The molecule has 1 nitrogen and oxygen atoms in total. The molecule has 0 saturated heterocycles. The van der Waals surface area contributed by atoms with E-state index >= 15 is 0 Å². The fourth-order valence-electron chi connectivity index (χ4n) is 5.74. The van der Waals surface area contributed by atoms with Gasteiger partial charge < -0.3 is 5.73 Å². The number of fused-ring (bicyclic) bond motifs is 2. The summed E-state index contributed by atoms with van der Waals surface area (Å²) in [5.74, 6) is 0.641. The first kappa shape index (κ1) is 21.9. The average molecular weight is 484 g/mol. The fourth-order valence-corrected chi connectivity index (χ4v) is 6.42. The quantitative estimate of drug-likeness (QED) is 0.309. The van der Waals surface area contributed by atoms with Crippen LogP contribution in [0, 0.1) is 0 Å². The molecule has 0 saturated carbocycles. The van der Waals surface area contributed by atoms with Gasteiger partial charge in [-0.3, -0.25) is 0 Å². The van der Waals surface area contributed by atoms with Crippen molar-refractivity contribution in [1.29, 1.82) is 0 Å². The highest BCUT2D eigenvalue weighted by Crippen LogP contribution is 2.44. The second kappa shape index (κ2) is 8.57. The molecule has 0 bridgehead atoms. The van der Waals surface area contributed by atoms with E-state index in [-0.39, 0.29) is 6.04 Å². The second-order valence-electron chi connectivity index (χ2n) is 9.75. The molecule has 170 valence electrons. The largest absolute Gasteiger partial charge is 0.324 e. The molecule has 2 aliphatic carbocycles. The van der Waals surface area contributed by atoms with Gasteiger partial charge in [-0.05, 0) is 65.0 Å². The first-order valence-electron chi connectivity index (χ1n) is 12.1. The normalized spacial score (nSPS) is 18.7. The van der Waals surface area contributed by atoms with Crippen molar-refractivity contribution < 1.29 is 0 Å². The van der Waals surface area contributed by atoms with E-state index in [1.807, 2.05) is 0 Å². The molecule has 4 aromatic rings. The van der Waals surface area contributed by atoms with Gasteiger partial charge in [-0.1, -0.05) is 103 Å². The van der Waals surface area contributed by atoms with Crippen molar-refractivity contribution in [1.82, 2.24) is 0 Å². The summed E-state index contributed by atoms with van der Waals surface area (Å²) in [6, 6.07) is 25.9. The lowest BCUT2D eigenvalue weighted by atomic mass is 9.93. The van der Waals surface area contributed by atoms with Gasteiger partial charge in [-0.2, -0.15) is 0 Å². The number of benzene rings is 4. The predicted octanol–water partition coefficient (Wildman–Crippen LogP) is 8.99.